The number of benzene rings is 3. The molecule has 0 heterocycles. The highest BCUT2D eigenvalue weighted by Gasteiger charge is 2.00. The van der Waals surface area contributed by atoms with Crippen LogP contribution in [0.4, 0.5) is 10.1 Å². The fourth-order valence-electron chi connectivity index (χ4n) is 2.40. The van der Waals surface area contributed by atoms with Gasteiger partial charge < -0.3 is 10.1 Å². The van der Waals surface area contributed by atoms with Crippen LogP contribution in [0.3, 0.4) is 0 Å². The molecule has 0 unspecified atom stereocenters. The Morgan fingerprint density at radius 1 is 0.870 bits per heavy atom. The first-order valence-corrected chi connectivity index (χ1v) is 7.47. The molecule has 0 aliphatic heterocycles. The molecular formula is C20H18FNO. The van der Waals surface area contributed by atoms with Crippen LogP contribution in [-0.2, 0) is 6.54 Å². The summed E-state index contributed by atoms with van der Waals surface area (Å²) < 4.78 is 18.3. The zero-order valence-corrected chi connectivity index (χ0v) is 12.9. The van der Waals surface area contributed by atoms with Gasteiger partial charge in [0, 0.05) is 12.2 Å². The summed E-state index contributed by atoms with van der Waals surface area (Å²) in [6.07, 6.45) is 0. The van der Waals surface area contributed by atoms with Crippen LogP contribution >= 0.6 is 0 Å². The van der Waals surface area contributed by atoms with Crippen molar-refractivity contribution in [3.05, 3.63) is 84.2 Å². The summed E-state index contributed by atoms with van der Waals surface area (Å²) in [4.78, 5) is 0. The molecule has 1 N–H and O–H groups in total. The molecule has 116 valence electrons. The molecule has 23 heavy (non-hydrogen) atoms. The van der Waals surface area contributed by atoms with Gasteiger partial charge in [-0.15, -0.1) is 0 Å². The van der Waals surface area contributed by atoms with Crippen LogP contribution in [0.25, 0.3) is 11.1 Å². The lowest BCUT2D eigenvalue weighted by atomic mass is 10.0. The molecule has 0 saturated heterocycles. The topological polar surface area (TPSA) is 21.3 Å². The summed E-state index contributed by atoms with van der Waals surface area (Å²) >= 11 is 0. The fourth-order valence-corrected chi connectivity index (χ4v) is 2.40. The highest BCUT2D eigenvalue weighted by molar-refractivity contribution is 5.64. The molecule has 2 nitrogen and oxygen atoms in total. The van der Waals surface area contributed by atoms with Crippen molar-refractivity contribution in [3.63, 3.8) is 0 Å². The van der Waals surface area contributed by atoms with Gasteiger partial charge in [-0.3, -0.25) is 0 Å². The SMILES string of the molecule is COc1ccc(-c2ccc(CNc3cccc(F)c3)cc2)cc1. The van der Waals surface area contributed by atoms with Gasteiger partial charge in [0.1, 0.15) is 11.6 Å². The van der Waals surface area contributed by atoms with Gasteiger partial charge >= 0.3 is 0 Å². The second kappa shape index (κ2) is 6.97. The van der Waals surface area contributed by atoms with E-state index < -0.39 is 0 Å². The van der Waals surface area contributed by atoms with Crippen LogP contribution in [0.5, 0.6) is 5.75 Å². The largest absolute Gasteiger partial charge is 0.497 e. The van der Waals surface area contributed by atoms with Gasteiger partial charge in [-0.2, -0.15) is 0 Å². The maximum absolute atomic E-state index is 13.1. The number of methoxy groups -OCH3 is 1. The molecule has 3 rings (SSSR count). The van der Waals surface area contributed by atoms with Crippen molar-refractivity contribution in [1.82, 2.24) is 0 Å². The Hall–Kier alpha value is -2.81. The molecule has 0 aliphatic rings. The Morgan fingerprint density at radius 3 is 2.13 bits per heavy atom. The zero-order valence-electron chi connectivity index (χ0n) is 12.9. The minimum atomic E-state index is -0.232. The van der Waals surface area contributed by atoms with E-state index in [1.54, 1.807) is 13.2 Å². The summed E-state index contributed by atoms with van der Waals surface area (Å²) in [7, 11) is 1.66. The maximum atomic E-state index is 13.1. The minimum absolute atomic E-state index is 0.232. The van der Waals surface area contributed by atoms with Crippen molar-refractivity contribution in [1.29, 1.82) is 0 Å². The second-order valence-corrected chi connectivity index (χ2v) is 5.29. The number of ether oxygens (including phenoxy) is 1. The van der Waals surface area contributed by atoms with Crippen molar-refractivity contribution in [2.45, 2.75) is 6.54 Å². The lowest BCUT2D eigenvalue weighted by Crippen LogP contribution is -1.99. The lowest BCUT2D eigenvalue weighted by molar-refractivity contribution is 0.415. The van der Waals surface area contributed by atoms with Crippen molar-refractivity contribution < 1.29 is 9.13 Å². The second-order valence-electron chi connectivity index (χ2n) is 5.29. The molecule has 3 aromatic carbocycles. The standard InChI is InChI=1S/C20H18FNO/c1-23-20-11-9-17(10-12-20)16-7-5-15(6-8-16)14-22-19-4-2-3-18(21)13-19/h2-13,22H,14H2,1H3. The van der Waals surface area contributed by atoms with Gasteiger partial charge in [0.25, 0.3) is 0 Å². The third kappa shape index (κ3) is 3.89. The zero-order chi connectivity index (χ0) is 16.1. The maximum Gasteiger partial charge on any atom is 0.125 e. The van der Waals surface area contributed by atoms with Gasteiger partial charge in [-0.25, -0.2) is 4.39 Å². The Kier molecular flexibility index (Phi) is 4.57. The monoisotopic (exact) mass is 307 g/mol. The highest BCUT2D eigenvalue weighted by atomic mass is 19.1. The van der Waals surface area contributed by atoms with E-state index in [0.717, 1.165) is 28.1 Å². The Labute approximate surface area is 135 Å². The van der Waals surface area contributed by atoms with Crippen LogP contribution in [0, 0.1) is 5.82 Å². The number of nitrogens with one attached hydrogen (secondary N) is 1. The molecule has 3 heteroatoms. The van der Waals surface area contributed by atoms with Crippen molar-refractivity contribution in [2.24, 2.45) is 0 Å². The first-order valence-electron chi connectivity index (χ1n) is 7.47. The molecule has 0 bridgehead atoms. The smallest absolute Gasteiger partial charge is 0.125 e. The summed E-state index contributed by atoms with van der Waals surface area (Å²) in [5.74, 6) is 0.620. The third-order valence-electron chi connectivity index (χ3n) is 3.70. The predicted octanol–water partition coefficient (Wildman–Crippen LogP) is 5.11. The first-order chi connectivity index (χ1) is 11.2. The van der Waals surface area contributed by atoms with Crippen LogP contribution in [0.15, 0.2) is 72.8 Å². The summed E-state index contributed by atoms with van der Waals surface area (Å²) in [5, 5.41) is 3.22. The average Bonchev–Trinajstić information content (AvgIpc) is 2.61. The normalized spacial score (nSPS) is 10.3. The van der Waals surface area contributed by atoms with Crippen molar-refractivity contribution >= 4 is 5.69 Å². The van der Waals surface area contributed by atoms with Gasteiger partial charge in [0.05, 0.1) is 7.11 Å². The first kappa shape index (κ1) is 15.1. The molecule has 0 fully saturated rings. The van der Waals surface area contributed by atoms with E-state index in [4.69, 9.17) is 4.74 Å². The van der Waals surface area contributed by atoms with Crippen LogP contribution < -0.4 is 10.1 Å². The summed E-state index contributed by atoms with van der Waals surface area (Å²) in [5.41, 5.74) is 4.23. The molecule has 0 amide bonds. The van der Waals surface area contributed by atoms with Crippen LogP contribution in [0.1, 0.15) is 5.56 Å². The van der Waals surface area contributed by atoms with E-state index in [0.29, 0.717) is 6.54 Å². The number of hydrogen-bond acceptors (Lipinski definition) is 2. The van der Waals surface area contributed by atoms with Gasteiger partial charge in [0.2, 0.25) is 0 Å². The molecule has 0 aliphatic carbocycles. The van der Waals surface area contributed by atoms with Crippen molar-refractivity contribution in [3.8, 4) is 16.9 Å². The quantitative estimate of drug-likeness (QED) is 0.707. The van der Waals surface area contributed by atoms with E-state index >= 15 is 0 Å². The number of hydrogen-bond donors (Lipinski definition) is 1. The summed E-state index contributed by atoms with van der Waals surface area (Å²) in [6.45, 7) is 0.659. The van der Waals surface area contributed by atoms with E-state index in [9.17, 15) is 4.39 Å². The third-order valence-corrected chi connectivity index (χ3v) is 3.70. The van der Waals surface area contributed by atoms with E-state index in [1.165, 1.54) is 12.1 Å². The Bertz CT molecular complexity index is 766. The number of anilines is 1. The van der Waals surface area contributed by atoms with Gasteiger partial charge in [-0.1, -0.05) is 42.5 Å². The molecular weight excluding hydrogens is 289 g/mol. The Balaban J connectivity index is 1.66. The van der Waals surface area contributed by atoms with E-state index in [2.05, 4.69) is 29.6 Å². The lowest BCUT2D eigenvalue weighted by Gasteiger charge is -2.08. The number of halogens is 1. The van der Waals surface area contributed by atoms with E-state index in [1.807, 2.05) is 30.3 Å². The summed E-state index contributed by atoms with van der Waals surface area (Å²) in [6, 6.07) is 22.8. The molecule has 0 radical (unpaired) electrons. The van der Waals surface area contributed by atoms with Gasteiger partial charge in [0.15, 0.2) is 0 Å². The molecule has 3 aromatic rings. The fraction of sp³-hybridized carbons (Fsp3) is 0.100. The minimum Gasteiger partial charge on any atom is -0.497 e. The number of rotatable bonds is 5. The molecule has 0 saturated carbocycles. The van der Waals surface area contributed by atoms with Gasteiger partial charge in [-0.05, 0) is 47.0 Å². The molecule has 0 atom stereocenters. The van der Waals surface area contributed by atoms with E-state index in [-0.39, 0.29) is 5.82 Å². The van der Waals surface area contributed by atoms with Crippen LogP contribution in [0.2, 0.25) is 0 Å². The average molecular weight is 307 g/mol. The van der Waals surface area contributed by atoms with Crippen molar-refractivity contribution in [2.75, 3.05) is 12.4 Å². The van der Waals surface area contributed by atoms with Crippen LogP contribution in [-0.4, -0.2) is 7.11 Å². The predicted molar refractivity (Wildman–Crippen MR) is 92.2 cm³/mol. The molecule has 0 spiro atoms. The molecule has 0 aromatic heterocycles. The Morgan fingerprint density at radius 2 is 1.52 bits per heavy atom. The highest BCUT2D eigenvalue weighted by Crippen LogP contribution is 2.23.